The predicted molar refractivity (Wildman–Crippen MR) is 75.4 cm³/mol. The number of aryl methyl sites for hydroxylation is 1. The molecule has 1 atom stereocenters. The molecule has 1 N–H and O–H groups in total. The number of nitrogens with zero attached hydrogens (tertiary/aromatic N) is 2. The van der Waals surface area contributed by atoms with Gasteiger partial charge < -0.3 is 5.32 Å². The predicted octanol–water partition coefficient (Wildman–Crippen LogP) is 3.11. The van der Waals surface area contributed by atoms with E-state index in [9.17, 15) is 0 Å². The first-order chi connectivity index (χ1) is 9.20. The van der Waals surface area contributed by atoms with Crippen LogP contribution in [-0.4, -0.2) is 4.98 Å². The van der Waals surface area contributed by atoms with Crippen LogP contribution in [0.25, 0.3) is 0 Å². The van der Waals surface area contributed by atoms with E-state index in [4.69, 9.17) is 5.26 Å². The van der Waals surface area contributed by atoms with Crippen LogP contribution in [0, 0.1) is 18.3 Å². The number of hydrogen-bond donors (Lipinski definition) is 1. The Morgan fingerprint density at radius 2 is 2.16 bits per heavy atom. The highest BCUT2D eigenvalue weighted by atomic mass is 14.9. The second kappa shape index (κ2) is 6.12. The average molecular weight is 251 g/mol. The van der Waals surface area contributed by atoms with E-state index in [1.165, 1.54) is 11.1 Å². The highest BCUT2D eigenvalue weighted by Crippen LogP contribution is 2.15. The Labute approximate surface area is 113 Å². The minimum Gasteiger partial charge on any atom is -0.306 e. The normalized spacial score (nSPS) is 11.8. The van der Waals surface area contributed by atoms with Crippen molar-refractivity contribution in [1.82, 2.24) is 10.3 Å². The third-order valence-corrected chi connectivity index (χ3v) is 3.14. The molecule has 96 valence electrons. The van der Waals surface area contributed by atoms with Gasteiger partial charge in [-0.2, -0.15) is 5.26 Å². The molecule has 1 aromatic heterocycles. The van der Waals surface area contributed by atoms with Crippen LogP contribution < -0.4 is 5.32 Å². The van der Waals surface area contributed by atoms with Gasteiger partial charge in [-0.05, 0) is 25.5 Å². The fourth-order valence-corrected chi connectivity index (χ4v) is 2.00. The fourth-order valence-electron chi connectivity index (χ4n) is 2.00. The van der Waals surface area contributed by atoms with Crippen molar-refractivity contribution in [3.63, 3.8) is 0 Å². The minimum atomic E-state index is 0.242. The van der Waals surface area contributed by atoms with Crippen LogP contribution >= 0.6 is 0 Å². The van der Waals surface area contributed by atoms with Crippen molar-refractivity contribution in [3.05, 3.63) is 65.0 Å². The summed E-state index contributed by atoms with van der Waals surface area (Å²) in [6.07, 6.45) is 1.64. The number of pyridine rings is 1. The van der Waals surface area contributed by atoms with Crippen molar-refractivity contribution in [1.29, 1.82) is 5.26 Å². The van der Waals surface area contributed by atoms with Gasteiger partial charge in [0.1, 0.15) is 11.8 Å². The molecule has 0 fully saturated rings. The third-order valence-electron chi connectivity index (χ3n) is 3.14. The maximum absolute atomic E-state index is 9.00. The summed E-state index contributed by atoms with van der Waals surface area (Å²) >= 11 is 0. The topological polar surface area (TPSA) is 48.7 Å². The lowest BCUT2D eigenvalue weighted by Gasteiger charge is -2.15. The van der Waals surface area contributed by atoms with Crippen LogP contribution in [0.4, 0.5) is 0 Å². The molecule has 0 saturated carbocycles. The Hall–Kier alpha value is -2.18. The highest BCUT2D eigenvalue weighted by molar-refractivity contribution is 5.31. The van der Waals surface area contributed by atoms with Crippen LogP contribution in [0.15, 0.2) is 42.6 Å². The molecule has 3 heteroatoms. The Kier molecular flexibility index (Phi) is 4.27. The Morgan fingerprint density at radius 1 is 1.32 bits per heavy atom. The molecule has 0 aliphatic carbocycles. The number of benzene rings is 1. The largest absolute Gasteiger partial charge is 0.306 e. The molecule has 3 nitrogen and oxygen atoms in total. The van der Waals surface area contributed by atoms with Gasteiger partial charge in [0.25, 0.3) is 0 Å². The van der Waals surface area contributed by atoms with E-state index in [0.29, 0.717) is 12.2 Å². The molecule has 0 amide bonds. The Balaban J connectivity index is 2.05. The summed E-state index contributed by atoms with van der Waals surface area (Å²) in [7, 11) is 0. The van der Waals surface area contributed by atoms with Gasteiger partial charge in [-0.1, -0.05) is 35.9 Å². The summed E-state index contributed by atoms with van der Waals surface area (Å²) in [4.78, 5) is 4.06. The summed E-state index contributed by atoms with van der Waals surface area (Å²) in [5, 5.41) is 12.4. The van der Waals surface area contributed by atoms with E-state index in [1.54, 1.807) is 6.20 Å². The van der Waals surface area contributed by atoms with Gasteiger partial charge in [-0.3, -0.25) is 0 Å². The zero-order valence-corrected chi connectivity index (χ0v) is 11.2. The van der Waals surface area contributed by atoms with E-state index < -0.39 is 0 Å². The van der Waals surface area contributed by atoms with Gasteiger partial charge in [-0.15, -0.1) is 0 Å². The maximum Gasteiger partial charge on any atom is 0.144 e. The first kappa shape index (κ1) is 13.3. The van der Waals surface area contributed by atoms with Crippen molar-refractivity contribution < 1.29 is 0 Å². The van der Waals surface area contributed by atoms with Crippen molar-refractivity contribution in [2.75, 3.05) is 0 Å². The van der Waals surface area contributed by atoms with Crippen LogP contribution in [0.3, 0.4) is 0 Å². The number of nitrogens with one attached hydrogen (secondary N) is 1. The summed E-state index contributed by atoms with van der Waals surface area (Å²) in [6, 6.07) is 14.6. The van der Waals surface area contributed by atoms with Gasteiger partial charge >= 0.3 is 0 Å². The quantitative estimate of drug-likeness (QED) is 0.908. The molecular formula is C16H17N3. The molecule has 19 heavy (non-hydrogen) atoms. The lowest BCUT2D eigenvalue weighted by molar-refractivity contribution is 0.573. The van der Waals surface area contributed by atoms with E-state index >= 15 is 0 Å². The van der Waals surface area contributed by atoms with Gasteiger partial charge in [0.2, 0.25) is 0 Å². The molecule has 2 aromatic rings. The van der Waals surface area contributed by atoms with Crippen LogP contribution in [0.1, 0.15) is 35.3 Å². The first-order valence-corrected chi connectivity index (χ1v) is 6.34. The van der Waals surface area contributed by atoms with Gasteiger partial charge in [0.15, 0.2) is 0 Å². The second-order valence-corrected chi connectivity index (χ2v) is 4.64. The molecule has 0 radical (unpaired) electrons. The zero-order valence-electron chi connectivity index (χ0n) is 11.2. The monoisotopic (exact) mass is 251 g/mol. The van der Waals surface area contributed by atoms with Gasteiger partial charge in [0, 0.05) is 24.3 Å². The molecule has 1 heterocycles. The molecule has 0 unspecified atom stereocenters. The summed E-state index contributed by atoms with van der Waals surface area (Å²) < 4.78 is 0. The lowest BCUT2D eigenvalue weighted by atomic mass is 10.1. The second-order valence-electron chi connectivity index (χ2n) is 4.64. The van der Waals surface area contributed by atoms with E-state index in [1.807, 2.05) is 12.1 Å². The average Bonchev–Trinajstić information content (AvgIpc) is 2.45. The molecule has 0 spiro atoms. The number of rotatable bonds is 4. The first-order valence-electron chi connectivity index (χ1n) is 6.34. The molecule has 2 rings (SSSR count). The van der Waals surface area contributed by atoms with Crippen LogP contribution in [0.5, 0.6) is 0 Å². The highest BCUT2D eigenvalue weighted by Gasteiger charge is 2.07. The van der Waals surface area contributed by atoms with Gasteiger partial charge in [0.05, 0.1) is 0 Å². The summed E-state index contributed by atoms with van der Waals surface area (Å²) in [6.45, 7) is 4.86. The number of nitriles is 1. The van der Waals surface area contributed by atoms with Crippen molar-refractivity contribution in [3.8, 4) is 6.07 Å². The molecular weight excluding hydrogens is 234 g/mol. The Morgan fingerprint density at radius 3 is 2.89 bits per heavy atom. The molecule has 0 bridgehead atoms. The van der Waals surface area contributed by atoms with Crippen LogP contribution in [0.2, 0.25) is 0 Å². The Bertz CT molecular complexity index is 599. The maximum atomic E-state index is 9.00. The molecule has 0 saturated heterocycles. The standard InChI is InChI=1S/C16H17N3/c1-12-5-3-6-14(9-12)13(2)19-11-15-7-4-8-18-16(15)10-17/h3-9,13,19H,11H2,1-2H3/t13-/m0/s1. The van der Waals surface area contributed by atoms with E-state index in [-0.39, 0.29) is 6.04 Å². The number of hydrogen-bond acceptors (Lipinski definition) is 3. The van der Waals surface area contributed by atoms with Gasteiger partial charge in [-0.25, -0.2) is 4.98 Å². The zero-order chi connectivity index (χ0) is 13.7. The van der Waals surface area contributed by atoms with E-state index in [0.717, 1.165) is 5.56 Å². The SMILES string of the molecule is Cc1cccc([C@H](C)NCc2cccnc2C#N)c1. The van der Waals surface area contributed by atoms with Crippen molar-refractivity contribution in [2.24, 2.45) is 0 Å². The minimum absolute atomic E-state index is 0.242. The third kappa shape index (κ3) is 3.40. The molecule has 1 aromatic carbocycles. The number of aromatic nitrogens is 1. The summed E-state index contributed by atoms with van der Waals surface area (Å²) in [5.74, 6) is 0. The van der Waals surface area contributed by atoms with E-state index in [2.05, 4.69) is 54.5 Å². The molecule has 0 aliphatic rings. The van der Waals surface area contributed by atoms with Crippen molar-refractivity contribution >= 4 is 0 Å². The molecule has 0 aliphatic heterocycles. The van der Waals surface area contributed by atoms with Crippen molar-refractivity contribution in [2.45, 2.75) is 26.4 Å². The summed E-state index contributed by atoms with van der Waals surface area (Å²) in [5.41, 5.74) is 3.93. The van der Waals surface area contributed by atoms with Crippen LogP contribution in [-0.2, 0) is 6.54 Å². The smallest absolute Gasteiger partial charge is 0.144 e. The lowest BCUT2D eigenvalue weighted by Crippen LogP contribution is -2.19. The fraction of sp³-hybridized carbons (Fsp3) is 0.250.